The minimum Gasteiger partial charge on any atom is -0.373 e. The van der Waals surface area contributed by atoms with Gasteiger partial charge in [0.15, 0.2) is 0 Å². The van der Waals surface area contributed by atoms with Crippen LogP contribution in [0, 0.1) is 5.92 Å². The highest BCUT2D eigenvalue weighted by molar-refractivity contribution is 9.10. The van der Waals surface area contributed by atoms with Crippen LogP contribution in [0.3, 0.4) is 0 Å². The Bertz CT molecular complexity index is 461. The van der Waals surface area contributed by atoms with Gasteiger partial charge in [0.2, 0.25) is 5.91 Å². The van der Waals surface area contributed by atoms with Gasteiger partial charge in [0.25, 0.3) is 0 Å². The molecule has 104 valence electrons. The molecule has 1 aromatic rings. The van der Waals surface area contributed by atoms with Crippen LogP contribution in [0.1, 0.15) is 32.1 Å². The average molecular weight is 346 g/mol. The van der Waals surface area contributed by atoms with Crippen molar-refractivity contribution in [3.8, 4) is 0 Å². The van der Waals surface area contributed by atoms with E-state index in [4.69, 9.17) is 17.3 Å². The maximum atomic E-state index is 11.7. The number of hydrogen-bond acceptors (Lipinski definition) is 2. The summed E-state index contributed by atoms with van der Waals surface area (Å²) < 4.78 is 0.811. The summed E-state index contributed by atoms with van der Waals surface area (Å²) in [7, 11) is 0. The second-order valence-corrected chi connectivity index (χ2v) is 6.31. The van der Waals surface area contributed by atoms with Crippen molar-refractivity contribution in [1.29, 1.82) is 0 Å². The molecule has 5 heteroatoms. The molecule has 3 nitrogen and oxygen atoms in total. The largest absolute Gasteiger partial charge is 0.373 e. The van der Waals surface area contributed by atoms with Gasteiger partial charge in [-0.2, -0.15) is 0 Å². The van der Waals surface area contributed by atoms with Gasteiger partial charge in [-0.25, -0.2) is 0 Å². The van der Waals surface area contributed by atoms with Crippen LogP contribution in [0.2, 0.25) is 5.02 Å². The number of rotatable bonds is 4. The third-order valence-electron chi connectivity index (χ3n) is 3.67. The van der Waals surface area contributed by atoms with E-state index in [-0.39, 0.29) is 11.9 Å². The Morgan fingerprint density at radius 2 is 2.05 bits per heavy atom. The number of hydrogen-bond donors (Lipinski definition) is 2. The maximum absolute atomic E-state index is 11.7. The van der Waals surface area contributed by atoms with Crippen LogP contribution in [0.25, 0.3) is 0 Å². The zero-order chi connectivity index (χ0) is 13.8. The number of amides is 1. The lowest BCUT2D eigenvalue weighted by Crippen LogP contribution is -2.42. The summed E-state index contributed by atoms with van der Waals surface area (Å²) in [5.41, 5.74) is 6.41. The number of primary amides is 1. The van der Waals surface area contributed by atoms with E-state index in [2.05, 4.69) is 21.2 Å². The first-order valence-corrected chi connectivity index (χ1v) is 7.76. The van der Waals surface area contributed by atoms with Crippen LogP contribution < -0.4 is 11.1 Å². The van der Waals surface area contributed by atoms with Crippen molar-refractivity contribution in [2.45, 2.75) is 38.1 Å². The Hall–Kier alpha value is -0.740. The predicted octanol–water partition coefficient (Wildman–Crippen LogP) is 3.95. The SMILES string of the molecule is NC(=O)C(Nc1ccc(Cl)c(Br)c1)C1CCCCC1. The van der Waals surface area contributed by atoms with Crippen LogP contribution in [0.5, 0.6) is 0 Å². The Morgan fingerprint density at radius 1 is 1.37 bits per heavy atom. The van der Waals surface area contributed by atoms with E-state index >= 15 is 0 Å². The Morgan fingerprint density at radius 3 is 2.63 bits per heavy atom. The lowest BCUT2D eigenvalue weighted by Gasteiger charge is -2.29. The van der Waals surface area contributed by atoms with E-state index in [1.807, 2.05) is 12.1 Å². The second kappa shape index (κ2) is 6.62. The van der Waals surface area contributed by atoms with Crippen molar-refractivity contribution in [1.82, 2.24) is 0 Å². The fourth-order valence-corrected chi connectivity index (χ4v) is 3.15. The van der Waals surface area contributed by atoms with Crippen LogP contribution in [0.4, 0.5) is 5.69 Å². The molecule has 1 aliphatic carbocycles. The van der Waals surface area contributed by atoms with Gasteiger partial charge in [-0.05, 0) is 52.9 Å². The molecule has 1 aliphatic rings. The van der Waals surface area contributed by atoms with Crippen LogP contribution in [0.15, 0.2) is 22.7 Å². The monoisotopic (exact) mass is 344 g/mol. The Labute approximate surface area is 127 Å². The maximum Gasteiger partial charge on any atom is 0.240 e. The fourth-order valence-electron chi connectivity index (χ4n) is 2.65. The van der Waals surface area contributed by atoms with Crippen molar-refractivity contribution < 1.29 is 4.79 Å². The Balaban J connectivity index is 2.11. The molecule has 0 spiro atoms. The number of benzene rings is 1. The summed E-state index contributed by atoms with van der Waals surface area (Å²) in [6.45, 7) is 0. The summed E-state index contributed by atoms with van der Waals surface area (Å²) in [6.07, 6.45) is 5.75. The lowest BCUT2D eigenvalue weighted by atomic mass is 9.83. The molecule has 1 atom stereocenters. The summed E-state index contributed by atoms with van der Waals surface area (Å²) in [6, 6.07) is 5.24. The molecule has 0 saturated heterocycles. The van der Waals surface area contributed by atoms with Gasteiger partial charge in [0, 0.05) is 10.2 Å². The first-order valence-electron chi connectivity index (χ1n) is 6.59. The van der Waals surface area contributed by atoms with Crippen molar-refractivity contribution in [3.63, 3.8) is 0 Å². The molecule has 2 rings (SSSR count). The van der Waals surface area contributed by atoms with Gasteiger partial charge in [0.1, 0.15) is 6.04 Å². The highest BCUT2D eigenvalue weighted by Crippen LogP contribution is 2.30. The molecular formula is C14H18BrClN2O. The molecule has 0 aromatic heterocycles. The summed E-state index contributed by atoms with van der Waals surface area (Å²) in [5, 5.41) is 3.90. The highest BCUT2D eigenvalue weighted by Gasteiger charge is 2.27. The zero-order valence-corrected chi connectivity index (χ0v) is 13.0. The van der Waals surface area contributed by atoms with Crippen LogP contribution in [-0.4, -0.2) is 11.9 Å². The van der Waals surface area contributed by atoms with Crippen molar-refractivity contribution >= 4 is 39.1 Å². The van der Waals surface area contributed by atoms with Gasteiger partial charge < -0.3 is 11.1 Å². The molecule has 1 aromatic carbocycles. The first-order chi connectivity index (χ1) is 9.08. The highest BCUT2D eigenvalue weighted by atomic mass is 79.9. The molecule has 1 unspecified atom stereocenters. The van der Waals surface area contributed by atoms with E-state index in [1.54, 1.807) is 6.07 Å². The fraction of sp³-hybridized carbons (Fsp3) is 0.500. The molecule has 1 fully saturated rings. The molecule has 1 amide bonds. The van der Waals surface area contributed by atoms with Gasteiger partial charge >= 0.3 is 0 Å². The van der Waals surface area contributed by atoms with Gasteiger partial charge in [-0.3, -0.25) is 4.79 Å². The van der Waals surface area contributed by atoms with Crippen LogP contribution in [-0.2, 0) is 4.79 Å². The quantitative estimate of drug-likeness (QED) is 0.868. The van der Waals surface area contributed by atoms with Crippen molar-refractivity contribution in [2.24, 2.45) is 11.7 Å². The number of nitrogens with two attached hydrogens (primary N) is 1. The standard InChI is InChI=1S/C14H18BrClN2O/c15-11-8-10(6-7-12(11)16)18-13(14(17)19)9-4-2-1-3-5-9/h6-9,13,18H,1-5H2,(H2,17,19). The minimum absolute atomic E-state index is 0.280. The van der Waals surface area contributed by atoms with Crippen molar-refractivity contribution in [3.05, 3.63) is 27.7 Å². The smallest absolute Gasteiger partial charge is 0.240 e. The van der Waals surface area contributed by atoms with Crippen molar-refractivity contribution in [2.75, 3.05) is 5.32 Å². The zero-order valence-electron chi connectivity index (χ0n) is 10.7. The molecular weight excluding hydrogens is 328 g/mol. The topological polar surface area (TPSA) is 55.1 Å². The molecule has 3 N–H and O–H groups in total. The molecule has 0 radical (unpaired) electrons. The summed E-state index contributed by atoms with van der Waals surface area (Å²) in [5.74, 6) is 0.0543. The normalized spacial score (nSPS) is 18.0. The summed E-state index contributed by atoms with van der Waals surface area (Å²) >= 11 is 9.34. The second-order valence-electron chi connectivity index (χ2n) is 5.05. The molecule has 0 bridgehead atoms. The van der Waals surface area contributed by atoms with E-state index < -0.39 is 0 Å². The lowest BCUT2D eigenvalue weighted by molar-refractivity contribution is -0.120. The first kappa shape index (κ1) is 14.7. The third-order valence-corrected chi connectivity index (χ3v) is 4.88. The number of anilines is 1. The molecule has 0 heterocycles. The molecule has 1 saturated carbocycles. The van der Waals surface area contributed by atoms with Gasteiger partial charge in [0.05, 0.1) is 5.02 Å². The van der Waals surface area contributed by atoms with Gasteiger partial charge in [-0.15, -0.1) is 0 Å². The van der Waals surface area contributed by atoms with E-state index in [0.29, 0.717) is 10.9 Å². The number of halogens is 2. The van der Waals surface area contributed by atoms with Crippen LogP contribution >= 0.6 is 27.5 Å². The van der Waals surface area contributed by atoms with E-state index in [9.17, 15) is 4.79 Å². The minimum atomic E-state index is -0.298. The van der Waals surface area contributed by atoms with E-state index in [0.717, 1.165) is 23.0 Å². The average Bonchev–Trinajstić information content (AvgIpc) is 2.40. The van der Waals surface area contributed by atoms with E-state index in [1.165, 1.54) is 19.3 Å². The molecule has 19 heavy (non-hydrogen) atoms. The predicted molar refractivity (Wildman–Crippen MR) is 82.3 cm³/mol. The summed E-state index contributed by atoms with van der Waals surface area (Å²) in [4.78, 5) is 11.7. The third kappa shape index (κ3) is 3.86. The number of nitrogens with one attached hydrogen (secondary N) is 1. The van der Waals surface area contributed by atoms with Gasteiger partial charge in [-0.1, -0.05) is 30.9 Å². The number of carbonyl (C=O) groups excluding carboxylic acids is 1. The molecule has 0 aliphatic heterocycles. The Kier molecular flexibility index (Phi) is 5.11. The number of carbonyl (C=O) groups is 1.